The van der Waals surface area contributed by atoms with Gasteiger partial charge in [-0.25, -0.2) is 9.71 Å². The second kappa shape index (κ2) is 3.82. The van der Waals surface area contributed by atoms with Gasteiger partial charge in [-0.2, -0.15) is 8.42 Å². The Morgan fingerprint density at radius 1 is 1.50 bits per heavy atom. The van der Waals surface area contributed by atoms with Gasteiger partial charge in [0.2, 0.25) is 5.91 Å². The van der Waals surface area contributed by atoms with Gasteiger partial charge in [0.15, 0.2) is 5.03 Å². The highest BCUT2D eigenvalue weighted by atomic mass is 32.2. The molecule has 2 atom stereocenters. The number of amides is 1. The zero-order chi connectivity index (χ0) is 11.8. The molecule has 0 spiro atoms. The van der Waals surface area contributed by atoms with Crippen LogP contribution in [0.2, 0.25) is 0 Å². The van der Waals surface area contributed by atoms with Gasteiger partial charge in [0.25, 0.3) is 10.0 Å². The molecular weight excluding hydrogens is 230 g/mol. The average Bonchev–Trinajstić information content (AvgIpc) is 2.96. The lowest BCUT2D eigenvalue weighted by molar-refractivity contribution is -0.120. The minimum Gasteiger partial charge on any atom is -0.274 e. The maximum atomic E-state index is 11.6. The van der Waals surface area contributed by atoms with E-state index in [1.54, 1.807) is 0 Å². The Balaban J connectivity index is 2.12. The summed E-state index contributed by atoms with van der Waals surface area (Å²) in [7, 11) is -3.86. The van der Waals surface area contributed by atoms with Crippen molar-refractivity contribution in [1.82, 2.24) is 14.7 Å². The van der Waals surface area contributed by atoms with Crippen molar-refractivity contribution in [3.05, 3.63) is 18.6 Å². The van der Waals surface area contributed by atoms with Crippen molar-refractivity contribution in [3.63, 3.8) is 0 Å². The van der Waals surface area contributed by atoms with E-state index >= 15 is 0 Å². The van der Waals surface area contributed by atoms with Crippen LogP contribution in [-0.2, 0) is 14.8 Å². The third kappa shape index (κ3) is 2.19. The van der Waals surface area contributed by atoms with Crippen LogP contribution in [0, 0.1) is 11.8 Å². The number of aromatic nitrogens is 2. The number of hydrogen-bond donors (Lipinski definition) is 1. The SMILES string of the molecule is C[C@H]1C[C@@H]1C(=O)NS(=O)(=O)c1cnccn1. The van der Waals surface area contributed by atoms with Gasteiger partial charge >= 0.3 is 0 Å². The largest absolute Gasteiger partial charge is 0.283 e. The molecule has 1 N–H and O–H groups in total. The van der Waals surface area contributed by atoms with E-state index in [2.05, 4.69) is 9.97 Å². The maximum Gasteiger partial charge on any atom is 0.283 e. The fourth-order valence-electron chi connectivity index (χ4n) is 1.37. The lowest BCUT2D eigenvalue weighted by Crippen LogP contribution is -2.32. The Morgan fingerprint density at radius 3 is 2.69 bits per heavy atom. The first-order valence-corrected chi connectivity index (χ1v) is 6.31. The minimum absolute atomic E-state index is 0.188. The number of rotatable bonds is 3. The van der Waals surface area contributed by atoms with E-state index in [1.165, 1.54) is 12.4 Å². The van der Waals surface area contributed by atoms with E-state index in [1.807, 2.05) is 11.6 Å². The summed E-state index contributed by atoms with van der Waals surface area (Å²) >= 11 is 0. The van der Waals surface area contributed by atoms with Gasteiger partial charge in [-0.1, -0.05) is 6.92 Å². The Bertz CT molecular complexity index is 500. The van der Waals surface area contributed by atoms with Crippen molar-refractivity contribution in [2.75, 3.05) is 0 Å². The molecule has 1 fully saturated rings. The summed E-state index contributed by atoms with van der Waals surface area (Å²) in [6, 6.07) is 0. The van der Waals surface area contributed by atoms with Gasteiger partial charge < -0.3 is 0 Å². The van der Waals surface area contributed by atoms with E-state index in [4.69, 9.17) is 0 Å². The normalized spacial score (nSPS) is 23.8. The third-order valence-corrected chi connectivity index (χ3v) is 3.73. The maximum absolute atomic E-state index is 11.6. The fraction of sp³-hybridized carbons (Fsp3) is 0.444. The second-order valence-electron chi connectivity index (χ2n) is 3.83. The van der Waals surface area contributed by atoms with Crippen LogP contribution < -0.4 is 4.72 Å². The molecule has 2 rings (SSSR count). The van der Waals surface area contributed by atoms with Crippen molar-refractivity contribution in [3.8, 4) is 0 Å². The van der Waals surface area contributed by atoms with Crippen LogP contribution in [0.25, 0.3) is 0 Å². The zero-order valence-corrected chi connectivity index (χ0v) is 9.44. The van der Waals surface area contributed by atoms with Crippen LogP contribution in [0.5, 0.6) is 0 Å². The van der Waals surface area contributed by atoms with Crippen LogP contribution in [-0.4, -0.2) is 24.3 Å². The summed E-state index contributed by atoms with van der Waals surface area (Å²) in [5.41, 5.74) is 0. The Kier molecular flexibility index (Phi) is 2.63. The topological polar surface area (TPSA) is 89.0 Å². The molecule has 1 heterocycles. The van der Waals surface area contributed by atoms with Crippen molar-refractivity contribution >= 4 is 15.9 Å². The smallest absolute Gasteiger partial charge is 0.274 e. The van der Waals surface area contributed by atoms with Gasteiger partial charge in [0, 0.05) is 18.3 Å². The molecule has 16 heavy (non-hydrogen) atoms. The predicted octanol–water partition coefficient (Wildman–Crippen LogP) is -0.0625. The number of carbonyl (C=O) groups is 1. The molecule has 1 aromatic heterocycles. The standard InChI is InChI=1S/C9H11N3O3S/c1-6-4-7(6)9(13)12-16(14,15)8-5-10-2-3-11-8/h2-3,5-7H,4H2,1H3,(H,12,13)/t6-,7-/m0/s1. The van der Waals surface area contributed by atoms with Gasteiger partial charge in [-0.3, -0.25) is 9.78 Å². The highest BCUT2D eigenvalue weighted by molar-refractivity contribution is 7.90. The van der Waals surface area contributed by atoms with Crippen molar-refractivity contribution in [1.29, 1.82) is 0 Å². The first-order chi connectivity index (χ1) is 7.50. The first kappa shape index (κ1) is 11.0. The van der Waals surface area contributed by atoms with E-state index in [0.717, 1.165) is 12.6 Å². The summed E-state index contributed by atoms with van der Waals surface area (Å²) in [5.74, 6) is -0.387. The quantitative estimate of drug-likeness (QED) is 0.800. The van der Waals surface area contributed by atoms with Crippen LogP contribution in [0.3, 0.4) is 0 Å². The molecule has 7 heteroatoms. The zero-order valence-electron chi connectivity index (χ0n) is 8.62. The van der Waals surface area contributed by atoms with Crippen molar-refractivity contribution in [2.24, 2.45) is 11.8 Å². The molecule has 0 radical (unpaired) electrons. The Morgan fingerprint density at radius 2 is 2.19 bits per heavy atom. The first-order valence-electron chi connectivity index (χ1n) is 4.83. The van der Waals surface area contributed by atoms with E-state index in [9.17, 15) is 13.2 Å². The molecule has 0 saturated heterocycles. The molecule has 1 amide bonds. The van der Waals surface area contributed by atoms with Crippen molar-refractivity contribution < 1.29 is 13.2 Å². The van der Waals surface area contributed by atoms with Crippen LogP contribution in [0.4, 0.5) is 0 Å². The molecular formula is C9H11N3O3S. The number of carbonyl (C=O) groups excluding carboxylic acids is 1. The monoisotopic (exact) mass is 241 g/mol. The van der Waals surface area contributed by atoms with Crippen molar-refractivity contribution in [2.45, 2.75) is 18.4 Å². The Labute approximate surface area is 93.2 Å². The van der Waals surface area contributed by atoms with Gasteiger partial charge in [0.05, 0.1) is 6.20 Å². The highest BCUT2D eigenvalue weighted by Gasteiger charge is 2.40. The summed E-state index contributed by atoms with van der Waals surface area (Å²) < 4.78 is 25.3. The van der Waals surface area contributed by atoms with Crippen LogP contribution >= 0.6 is 0 Å². The summed E-state index contributed by atoms with van der Waals surface area (Å²) in [5, 5.41) is -0.239. The number of nitrogens with one attached hydrogen (secondary N) is 1. The van der Waals surface area contributed by atoms with Gasteiger partial charge in [-0.05, 0) is 12.3 Å². The lowest BCUT2D eigenvalue weighted by Gasteiger charge is -2.04. The average molecular weight is 241 g/mol. The minimum atomic E-state index is -3.86. The molecule has 1 aliphatic carbocycles. The summed E-state index contributed by atoms with van der Waals surface area (Å²) in [6.07, 6.45) is 4.47. The molecule has 86 valence electrons. The fourth-order valence-corrected chi connectivity index (χ4v) is 2.29. The molecule has 1 saturated carbocycles. The molecule has 1 aromatic rings. The summed E-state index contributed by atoms with van der Waals surface area (Å²) in [6.45, 7) is 1.90. The predicted molar refractivity (Wildman–Crippen MR) is 54.6 cm³/mol. The molecule has 0 aromatic carbocycles. The molecule has 1 aliphatic rings. The van der Waals surface area contributed by atoms with E-state index in [-0.39, 0.29) is 16.9 Å². The number of hydrogen-bond acceptors (Lipinski definition) is 5. The van der Waals surface area contributed by atoms with E-state index < -0.39 is 15.9 Å². The number of sulfonamides is 1. The molecule has 0 bridgehead atoms. The lowest BCUT2D eigenvalue weighted by atomic mass is 10.3. The highest BCUT2D eigenvalue weighted by Crippen LogP contribution is 2.37. The molecule has 0 aliphatic heterocycles. The van der Waals surface area contributed by atoms with Crippen LogP contribution in [0.1, 0.15) is 13.3 Å². The number of nitrogens with zero attached hydrogens (tertiary/aromatic N) is 2. The third-order valence-electron chi connectivity index (χ3n) is 2.50. The van der Waals surface area contributed by atoms with E-state index in [0.29, 0.717) is 0 Å². The Hall–Kier alpha value is -1.50. The second-order valence-corrected chi connectivity index (χ2v) is 5.46. The summed E-state index contributed by atoms with van der Waals surface area (Å²) in [4.78, 5) is 18.7. The van der Waals surface area contributed by atoms with Gasteiger partial charge in [0.1, 0.15) is 0 Å². The molecule has 6 nitrogen and oxygen atoms in total. The van der Waals surface area contributed by atoms with Gasteiger partial charge in [-0.15, -0.1) is 0 Å². The van der Waals surface area contributed by atoms with Crippen LogP contribution in [0.15, 0.2) is 23.6 Å². The molecule has 0 unspecified atom stereocenters.